The normalized spacial score (nSPS) is 14.2. The van der Waals surface area contributed by atoms with Gasteiger partial charge in [-0.1, -0.05) is 11.6 Å². The monoisotopic (exact) mass is 296 g/mol. The molecule has 0 spiro atoms. The zero-order chi connectivity index (χ0) is 14.5. The van der Waals surface area contributed by atoms with Crippen LogP contribution in [0.15, 0.2) is 18.2 Å². The molecule has 110 valence electrons. The molecule has 5 heteroatoms. The minimum absolute atomic E-state index is 0.0827. The number of likely N-dealkylation sites (N-methyl/N-ethyl adjacent to an activating group) is 1. The Labute approximate surface area is 125 Å². The molecule has 4 nitrogen and oxygen atoms in total. The SMILES string of the molecule is CCOc1ccc(Cl)cc1CN(C)C(=O)CNC1CC1. The highest BCUT2D eigenvalue weighted by Crippen LogP contribution is 2.24. The Morgan fingerprint density at radius 1 is 1.50 bits per heavy atom. The van der Waals surface area contributed by atoms with Crippen molar-refractivity contribution in [2.24, 2.45) is 0 Å². The lowest BCUT2D eigenvalue weighted by atomic mass is 10.2. The van der Waals surface area contributed by atoms with Crippen LogP contribution in [0.2, 0.25) is 5.02 Å². The van der Waals surface area contributed by atoms with Gasteiger partial charge >= 0.3 is 0 Å². The molecule has 0 heterocycles. The maximum atomic E-state index is 12.0. The summed E-state index contributed by atoms with van der Waals surface area (Å²) in [5, 5.41) is 3.88. The van der Waals surface area contributed by atoms with E-state index in [9.17, 15) is 4.79 Å². The highest BCUT2D eigenvalue weighted by atomic mass is 35.5. The average molecular weight is 297 g/mol. The second-order valence-electron chi connectivity index (χ2n) is 5.09. The van der Waals surface area contributed by atoms with Crippen LogP contribution in [0.25, 0.3) is 0 Å². The van der Waals surface area contributed by atoms with Crippen LogP contribution in [0.3, 0.4) is 0 Å². The van der Waals surface area contributed by atoms with Gasteiger partial charge in [-0.05, 0) is 38.0 Å². The van der Waals surface area contributed by atoms with Crippen LogP contribution in [-0.4, -0.2) is 37.0 Å². The van der Waals surface area contributed by atoms with Crippen molar-refractivity contribution in [2.45, 2.75) is 32.4 Å². The third-order valence-electron chi connectivity index (χ3n) is 3.27. The molecule has 1 aliphatic rings. The van der Waals surface area contributed by atoms with Crippen molar-refractivity contribution in [3.63, 3.8) is 0 Å². The van der Waals surface area contributed by atoms with Gasteiger partial charge in [0.2, 0.25) is 5.91 Å². The molecule has 0 bridgehead atoms. The number of ether oxygens (including phenoxy) is 1. The molecule has 0 atom stereocenters. The molecule has 0 aliphatic heterocycles. The minimum Gasteiger partial charge on any atom is -0.494 e. The van der Waals surface area contributed by atoms with Gasteiger partial charge in [-0.2, -0.15) is 0 Å². The van der Waals surface area contributed by atoms with Crippen LogP contribution in [-0.2, 0) is 11.3 Å². The van der Waals surface area contributed by atoms with Crippen molar-refractivity contribution >= 4 is 17.5 Å². The predicted octanol–water partition coefficient (Wildman–Crippen LogP) is 2.45. The number of hydrogen-bond acceptors (Lipinski definition) is 3. The fourth-order valence-electron chi connectivity index (χ4n) is 1.97. The summed E-state index contributed by atoms with van der Waals surface area (Å²) in [5.74, 6) is 0.867. The van der Waals surface area contributed by atoms with Crippen molar-refractivity contribution in [1.82, 2.24) is 10.2 Å². The Kier molecular flexibility index (Phi) is 5.26. The predicted molar refractivity (Wildman–Crippen MR) is 80.1 cm³/mol. The summed E-state index contributed by atoms with van der Waals surface area (Å²) in [7, 11) is 1.80. The van der Waals surface area contributed by atoms with Crippen LogP contribution in [0.1, 0.15) is 25.3 Å². The molecule has 0 radical (unpaired) electrons. The third kappa shape index (κ3) is 4.39. The van der Waals surface area contributed by atoms with E-state index >= 15 is 0 Å². The molecule has 1 saturated carbocycles. The Bertz CT molecular complexity index is 475. The lowest BCUT2D eigenvalue weighted by molar-refractivity contribution is -0.129. The van der Waals surface area contributed by atoms with Gasteiger partial charge in [0.15, 0.2) is 0 Å². The number of halogens is 1. The van der Waals surface area contributed by atoms with Gasteiger partial charge in [0, 0.05) is 30.2 Å². The molecule has 0 unspecified atom stereocenters. The molecule has 1 fully saturated rings. The number of nitrogens with one attached hydrogen (secondary N) is 1. The Morgan fingerprint density at radius 2 is 2.25 bits per heavy atom. The maximum absolute atomic E-state index is 12.0. The van der Waals surface area contributed by atoms with Crippen molar-refractivity contribution in [3.05, 3.63) is 28.8 Å². The van der Waals surface area contributed by atoms with Gasteiger partial charge in [0.05, 0.1) is 13.2 Å². The first-order valence-electron chi connectivity index (χ1n) is 6.98. The molecule has 20 heavy (non-hydrogen) atoms. The van der Waals surface area contributed by atoms with Gasteiger partial charge in [-0.25, -0.2) is 0 Å². The van der Waals surface area contributed by atoms with Crippen molar-refractivity contribution in [3.8, 4) is 5.75 Å². The van der Waals surface area contributed by atoms with Gasteiger partial charge in [-0.15, -0.1) is 0 Å². The van der Waals surface area contributed by atoms with E-state index in [4.69, 9.17) is 16.3 Å². The van der Waals surface area contributed by atoms with E-state index in [2.05, 4.69) is 5.32 Å². The Morgan fingerprint density at radius 3 is 2.90 bits per heavy atom. The largest absolute Gasteiger partial charge is 0.494 e. The first kappa shape index (κ1) is 15.1. The number of hydrogen-bond donors (Lipinski definition) is 1. The standard InChI is InChI=1S/C15H21ClN2O2/c1-3-20-14-7-4-12(16)8-11(14)10-18(2)15(19)9-17-13-5-6-13/h4,7-8,13,17H,3,5-6,9-10H2,1-2H3. The van der Waals surface area contributed by atoms with Gasteiger partial charge in [-0.3, -0.25) is 4.79 Å². The molecule has 1 aliphatic carbocycles. The highest BCUT2D eigenvalue weighted by molar-refractivity contribution is 6.30. The summed E-state index contributed by atoms with van der Waals surface area (Å²) >= 11 is 6.02. The number of nitrogens with zero attached hydrogens (tertiary/aromatic N) is 1. The fraction of sp³-hybridized carbons (Fsp3) is 0.533. The van der Waals surface area contributed by atoms with Gasteiger partial charge in [0.1, 0.15) is 5.75 Å². The van der Waals surface area contributed by atoms with Crippen molar-refractivity contribution in [1.29, 1.82) is 0 Å². The molecule has 0 saturated heterocycles. The van der Waals surface area contributed by atoms with Crippen molar-refractivity contribution in [2.75, 3.05) is 20.2 Å². The third-order valence-corrected chi connectivity index (χ3v) is 3.51. The summed E-state index contributed by atoms with van der Waals surface area (Å²) in [4.78, 5) is 13.7. The topological polar surface area (TPSA) is 41.6 Å². The molecular weight excluding hydrogens is 276 g/mol. The summed E-state index contributed by atoms with van der Waals surface area (Å²) in [5.41, 5.74) is 0.932. The Hall–Kier alpha value is -1.26. The zero-order valence-electron chi connectivity index (χ0n) is 12.0. The molecule has 1 N–H and O–H groups in total. The van der Waals surface area contributed by atoms with E-state index in [1.165, 1.54) is 12.8 Å². The van der Waals surface area contributed by atoms with Crippen LogP contribution in [0, 0.1) is 0 Å². The summed E-state index contributed by atoms with van der Waals surface area (Å²) in [6.07, 6.45) is 2.36. The molecule has 0 aromatic heterocycles. The van der Waals surface area contributed by atoms with Crippen LogP contribution in [0.4, 0.5) is 0 Å². The van der Waals surface area contributed by atoms with E-state index in [0.717, 1.165) is 11.3 Å². The quantitative estimate of drug-likeness (QED) is 0.840. The summed E-state index contributed by atoms with van der Waals surface area (Å²) in [6.45, 7) is 3.43. The zero-order valence-corrected chi connectivity index (χ0v) is 12.7. The number of benzene rings is 1. The first-order chi connectivity index (χ1) is 9.60. The average Bonchev–Trinajstić information content (AvgIpc) is 3.23. The molecule has 2 rings (SSSR count). The fourth-order valence-corrected chi connectivity index (χ4v) is 2.16. The number of amides is 1. The molecule has 1 aromatic carbocycles. The number of rotatable bonds is 7. The number of carbonyl (C=O) groups is 1. The van der Waals surface area contributed by atoms with E-state index < -0.39 is 0 Å². The lowest BCUT2D eigenvalue weighted by Gasteiger charge is -2.19. The maximum Gasteiger partial charge on any atom is 0.236 e. The second kappa shape index (κ2) is 6.95. The smallest absolute Gasteiger partial charge is 0.236 e. The van der Waals surface area contributed by atoms with E-state index in [0.29, 0.717) is 30.8 Å². The summed E-state index contributed by atoms with van der Waals surface area (Å²) < 4.78 is 5.57. The number of carbonyl (C=O) groups excluding carboxylic acids is 1. The lowest BCUT2D eigenvalue weighted by Crippen LogP contribution is -2.36. The first-order valence-corrected chi connectivity index (χ1v) is 7.36. The van der Waals surface area contributed by atoms with Crippen LogP contribution >= 0.6 is 11.6 Å². The van der Waals surface area contributed by atoms with Crippen LogP contribution < -0.4 is 10.1 Å². The van der Waals surface area contributed by atoms with E-state index in [1.807, 2.05) is 19.1 Å². The van der Waals surface area contributed by atoms with Gasteiger partial charge < -0.3 is 15.0 Å². The molecule has 1 aromatic rings. The second-order valence-corrected chi connectivity index (χ2v) is 5.53. The van der Waals surface area contributed by atoms with Crippen molar-refractivity contribution < 1.29 is 9.53 Å². The molecule has 1 amide bonds. The van der Waals surface area contributed by atoms with E-state index in [-0.39, 0.29) is 5.91 Å². The van der Waals surface area contributed by atoms with Gasteiger partial charge in [0.25, 0.3) is 0 Å². The molecular formula is C15H21ClN2O2. The highest BCUT2D eigenvalue weighted by Gasteiger charge is 2.22. The summed E-state index contributed by atoms with van der Waals surface area (Å²) in [6, 6.07) is 6.04. The Balaban J connectivity index is 1.95. The minimum atomic E-state index is 0.0827. The van der Waals surface area contributed by atoms with E-state index in [1.54, 1.807) is 18.0 Å². The van der Waals surface area contributed by atoms with Crippen LogP contribution in [0.5, 0.6) is 5.75 Å².